The lowest BCUT2D eigenvalue weighted by Crippen LogP contribution is -2.46. The lowest BCUT2D eigenvalue weighted by atomic mass is 10.1. The number of H-pyrrole nitrogens is 1. The zero-order chi connectivity index (χ0) is 21.1. The summed E-state index contributed by atoms with van der Waals surface area (Å²) in [6.07, 6.45) is 1.65. The number of rotatable bonds is 6. The first kappa shape index (κ1) is 20.0. The van der Waals surface area contributed by atoms with Gasteiger partial charge in [-0.2, -0.15) is 0 Å². The molecule has 7 nitrogen and oxygen atoms in total. The Morgan fingerprint density at radius 2 is 1.87 bits per heavy atom. The molecule has 3 aromatic rings. The Bertz CT molecular complexity index is 1120. The molecule has 1 aliphatic heterocycles. The highest BCUT2D eigenvalue weighted by Crippen LogP contribution is 2.22. The molecule has 1 aliphatic rings. The number of aromatic nitrogens is 1. The van der Waals surface area contributed by atoms with Gasteiger partial charge < -0.3 is 9.88 Å². The standard InChI is InChI=1S/C22H23FN4O3/c23-17-7-6-16-13-18(24-22(28)21(16)14-17)3-2-8-25-9-11-26(12-10-25)19-4-1-5-20(15-19)27(29)30/h1,4-7,13-15H,2-3,8-12H2,(H,24,28). The lowest BCUT2D eigenvalue weighted by Gasteiger charge is -2.36. The molecule has 0 atom stereocenters. The largest absolute Gasteiger partial charge is 0.369 e. The second-order valence-corrected chi connectivity index (χ2v) is 7.56. The van der Waals surface area contributed by atoms with Crippen LogP contribution in [-0.4, -0.2) is 47.5 Å². The smallest absolute Gasteiger partial charge is 0.271 e. The number of aromatic amines is 1. The second kappa shape index (κ2) is 8.62. The number of nitro benzene ring substituents is 1. The highest BCUT2D eigenvalue weighted by atomic mass is 19.1. The molecule has 4 rings (SSSR count). The molecule has 0 radical (unpaired) electrons. The average Bonchev–Trinajstić information content (AvgIpc) is 2.75. The van der Waals surface area contributed by atoms with Crippen molar-refractivity contribution in [2.45, 2.75) is 12.8 Å². The summed E-state index contributed by atoms with van der Waals surface area (Å²) in [5.41, 5.74) is 1.60. The Morgan fingerprint density at radius 3 is 2.63 bits per heavy atom. The Morgan fingerprint density at radius 1 is 1.07 bits per heavy atom. The van der Waals surface area contributed by atoms with Crippen molar-refractivity contribution in [2.24, 2.45) is 0 Å². The van der Waals surface area contributed by atoms with Gasteiger partial charge in [0, 0.05) is 55.1 Å². The fraction of sp³-hybridized carbons (Fsp3) is 0.318. The number of nitro groups is 1. The van der Waals surface area contributed by atoms with Gasteiger partial charge in [-0.1, -0.05) is 12.1 Å². The number of pyridine rings is 1. The van der Waals surface area contributed by atoms with Crippen LogP contribution in [0.2, 0.25) is 0 Å². The number of benzene rings is 2. The Hall–Kier alpha value is -3.26. The van der Waals surface area contributed by atoms with Crippen LogP contribution in [-0.2, 0) is 6.42 Å². The number of piperazine rings is 1. The Labute approximate surface area is 172 Å². The third-order valence-corrected chi connectivity index (χ3v) is 5.56. The zero-order valence-electron chi connectivity index (χ0n) is 16.5. The fourth-order valence-electron chi connectivity index (χ4n) is 3.95. The summed E-state index contributed by atoms with van der Waals surface area (Å²) in [4.78, 5) is 30.2. The Balaban J connectivity index is 1.30. The van der Waals surface area contributed by atoms with Crippen LogP contribution in [0.4, 0.5) is 15.8 Å². The van der Waals surface area contributed by atoms with E-state index in [0.717, 1.165) is 62.3 Å². The van der Waals surface area contributed by atoms with Crippen molar-refractivity contribution in [3.63, 3.8) is 0 Å². The minimum atomic E-state index is -0.412. The van der Waals surface area contributed by atoms with Gasteiger partial charge in [-0.05, 0) is 49.0 Å². The maximum atomic E-state index is 13.3. The molecule has 0 saturated carbocycles. The molecule has 156 valence electrons. The van der Waals surface area contributed by atoms with E-state index in [-0.39, 0.29) is 16.2 Å². The van der Waals surface area contributed by atoms with Gasteiger partial charge in [0.2, 0.25) is 0 Å². The number of fused-ring (bicyclic) bond motifs is 1. The first-order valence-corrected chi connectivity index (χ1v) is 10.0. The molecule has 0 aliphatic carbocycles. The number of hydrogen-bond acceptors (Lipinski definition) is 5. The van der Waals surface area contributed by atoms with Crippen molar-refractivity contribution in [1.82, 2.24) is 9.88 Å². The van der Waals surface area contributed by atoms with Gasteiger partial charge in [-0.15, -0.1) is 0 Å². The van der Waals surface area contributed by atoms with Gasteiger partial charge >= 0.3 is 0 Å². The predicted molar refractivity (Wildman–Crippen MR) is 115 cm³/mol. The zero-order valence-corrected chi connectivity index (χ0v) is 16.5. The number of anilines is 1. The topological polar surface area (TPSA) is 82.5 Å². The molecule has 0 spiro atoms. The fourth-order valence-corrected chi connectivity index (χ4v) is 3.95. The second-order valence-electron chi connectivity index (χ2n) is 7.56. The molecule has 8 heteroatoms. The van der Waals surface area contributed by atoms with E-state index in [1.54, 1.807) is 18.2 Å². The summed E-state index contributed by atoms with van der Waals surface area (Å²) in [7, 11) is 0. The van der Waals surface area contributed by atoms with E-state index in [2.05, 4.69) is 14.8 Å². The van der Waals surface area contributed by atoms with Crippen LogP contribution in [0, 0.1) is 15.9 Å². The molecule has 1 fully saturated rings. The summed E-state index contributed by atoms with van der Waals surface area (Å²) in [5.74, 6) is -0.412. The Kier molecular flexibility index (Phi) is 5.76. The van der Waals surface area contributed by atoms with Crippen LogP contribution in [0.25, 0.3) is 10.8 Å². The summed E-state index contributed by atoms with van der Waals surface area (Å²) in [5, 5.41) is 12.1. The molecule has 1 saturated heterocycles. The maximum absolute atomic E-state index is 13.3. The van der Waals surface area contributed by atoms with E-state index in [1.807, 2.05) is 12.1 Å². The number of nitrogens with one attached hydrogen (secondary N) is 1. The summed E-state index contributed by atoms with van der Waals surface area (Å²) in [6, 6.07) is 12.9. The van der Waals surface area contributed by atoms with Crippen LogP contribution in [0.15, 0.2) is 53.3 Å². The quantitative estimate of drug-likeness (QED) is 0.498. The van der Waals surface area contributed by atoms with Gasteiger partial charge in [0.25, 0.3) is 11.2 Å². The van der Waals surface area contributed by atoms with Gasteiger partial charge in [0.1, 0.15) is 5.82 Å². The van der Waals surface area contributed by atoms with Crippen LogP contribution >= 0.6 is 0 Å². The molecule has 2 heterocycles. The van der Waals surface area contributed by atoms with E-state index in [0.29, 0.717) is 5.39 Å². The van der Waals surface area contributed by atoms with Crippen LogP contribution in [0.3, 0.4) is 0 Å². The van der Waals surface area contributed by atoms with E-state index in [9.17, 15) is 19.3 Å². The number of hydrogen-bond donors (Lipinski definition) is 1. The first-order chi connectivity index (χ1) is 14.5. The van der Waals surface area contributed by atoms with E-state index in [4.69, 9.17) is 0 Å². The third kappa shape index (κ3) is 4.49. The molecule has 0 amide bonds. The van der Waals surface area contributed by atoms with E-state index in [1.165, 1.54) is 18.2 Å². The number of halogens is 1. The van der Waals surface area contributed by atoms with Crippen LogP contribution in [0.1, 0.15) is 12.1 Å². The molecule has 1 N–H and O–H groups in total. The number of nitrogens with zero attached hydrogens (tertiary/aromatic N) is 3. The number of non-ortho nitro benzene ring substituents is 1. The SMILES string of the molecule is O=c1[nH]c(CCCN2CCN(c3cccc([N+](=O)[O-])c3)CC2)cc2ccc(F)cc12. The molecule has 1 aromatic heterocycles. The van der Waals surface area contributed by atoms with Crippen molar-refractivity contribution in [2.75, 3.05) is 37.6 Å². The minimum Gasteiger partial charge on any atom is -0.369 e. The molecule has 0 unspecified atom stereocenters. The van der Waals surface area contributed by atoms with Gasteiger partial charge in [-0.25, -0.2) is 4.39 Å². The lowest BCUT2D eigenvalue weighted by molar-refractivity contribution is -0.384. The molecule has 30 heavy (non-hydrogen) atoms. The summed E-state index contributed by atoms with van der Waals surface area (Å²) < 4.78 is 13.3. The maximum Gasteiger partial charge on any atom is 0.271 e. The van der Waals surface area contributed by atoms with Crippen molar-refractivity contribution >= 4 is 22.1 Å². The molecular weight excluding hydrogens is 387 g/mol. The predicted octanol–water partition coefficient (Wildman–Crippen LogP) is 3.33. The highest BCUT2D eigenvalue weighted by molar-refractivity contribution is 5.81. The summed E-state index contributed by atoms with van der Waals surface area (Å²) in [6.45, 7) is 4.32. The van der Waals surface area contributed by atoms with Crippen molar-refractivity contribution in [1.29, 1.82) is 0 Å². The third-order valence-electron chi connectivity index (χ3n) is 5.56. The monoisotopic (exact) mass is 410 g/mol. The van der Waals surface area contributed by atoms with Crippen molar-refractivity contribution in [3.05, 3.63) is 80.5 Å². The highest BCUT2D eigenvalue weighted by Gasteiger charge is 2.18. The molecule has 2 aromatic carbocycles. The van der Waals surface area contributed by atoms with E-state index >= 15 is 0 Å². The number of aryl methyl sites for hydroxylation is 1. The molecule has 0 bridgehead atoms. The van der Waals surface area contributed by atoms with Crippen molar-refractivity contribution in [3.8, 4) is 0 Å². The van der Waals surface area contributed by atoms with Crippen LogP contribution in [0.5, 0.6) is 0 Å². The minimum absolute atomic E-state index is 0.113. The van der Waals surface area contributed by atoms with Gasteiger partial charge in [-0.3, -0.25) is 19.8 Å². The normalized spacial score (nSPS) is 14.9. The average molecular weight is 410 g/mol. The van der Waals surface area contributed by atoms with Gasteiger partial charge in [0.15, 0.2) is 0 Å². The van der Waals surface area contributed by atoms with Crippen molar-refractivity contribution < 1.29 is 9.31 Å². The first-order valence-electron chi connectivity index (χ1n) is 10.0. The van der Waals surface area contributed by atoms with Crippen LogP contribution < -0.4 is 10.5 Å². The van der Waals surface area contributed by atoms with Gasteiger partial charge in [0.05, 0.1) is 4.92 Å². The summed E-state index contributed by atoms with van der Waals surface area (Å²) >= 11 is 0. The van der Waals surface area contributed by atoms with E-state index < -0.39 is 5.82 Å². The molecular formula is C22H23FN4O3.